The SMILES string of the molecule is COCCNC(=O)CN(C)C(CN)c1ccccc1Br. The van der Waals surface area contributed by atoms with E-state index in [0.717, 1.165) is 10.0 Å². The van der Waals surface area contributed by atoms with Crippen molar-refractivity contribution in [2.45, 2.75) is 6.04 Å². The van der Waals surface area contributed by atoms with Crippen molar-refractivity contribution < 1.29 is 9.53 Å². The van der Waals surface area contributed by atoms with Gasteiger partial charge in [0.15, 0.2) is 0 Å². The van der Waals surface area contributed by atoms with E-state index in [-0.39, 0.29) is 11.9 Å². The second-order valence-electron chi connectivity index (χ2n) is 4.53. The van der Waals surface area contributed by atoms with Gasteiger partial charge in [-0.15, -0.1) is 0 Å². The Balaban J connectivity index is 2.61. The lowest BCUT2D eigenvalue weighted by Crippen LogP contribution is -2.40. The Kier molecular flexibility index (Phi) is 7.76. The highest BCUT2D eigenvalue weighted by Crippen LogP contribution is 2.25. The summed E-state index contributed by atoms with van der Waals surface area (Å²) < 4.78 is 5.90. The zero-order chi connectivity index (χ0) is 15.0. The Hall–Kier alpha value is -0.950. The molecule has 0 aromatic heterocycles. The zero-order valence-corrected chi connectivity index (χ0v) is 13.5. The van der Waals surface area contributed by atoms with E-state index >= 15 is 0 Å². The molecule has 112 valence electrons. The van der Waals surface area contributed by atoms with Gasteiger partial charge < -0.3 is 15.8 Å². The molecule has 0 radical (unpaired) electrons. The van der Waals surface area contributed by atoms with Gasteiger partial charge in [-0.3, -0.25) is 9.69 Å². The van der Waals surface area contributed by atoms with Gasteiger partial charge in [-0.1, -0.05) is 34.1 Å². The zero-order valence-electron chi connectivity index (χ0n) is 11.9. The number of nitrogens with one attached hydrogen (secondary N) is 1. The first-order valence-electron chi connectivity index (χ1n) is 6.50. The Bertz CT molecular complexity index is 429. The molecule has 1 unspecified atom stereocenters. The molecule has 0 aliphatic carbocycles. The Morgan fingerprint density at radius 2 is 2.20 bits per heavy atom. The van der Waals surface area contributed by atoms with Crippen LogP contribution in [0, 0.1) is 0 Å². The third-order valence-corrected chi connectivity index (χ3v) is 3.76. The topological polar surface area (TPSA) is 67.6 Å². The lowest BCUT2D eigenvalue weighted by molar-refractivity contribution is -0.122. The van der Waals surface area contributed by atoms with Crippen molar-refractivity contribution in [3.05, 3.63) is 34.3 Å². The van der Waals surface area contributed by atoms with E-state index in [9.17, 15) is 4.79 Å². The third-order valence-electron chi connectivity index (χ3n) is 3.04. The average molecular weight is 344 g/mol. The summed E-state index contributed by atoms with van der Waals surface area (Å²) in [6, 6.07) is 7.91. The molecule has 1 aromatic carbocycles. The van der Waals surface area contributed by atoms with Crippen LogP contribution < -0.4 is 11.1 Å². The number of methoxy groups -OCH3 is 1. The van der Waals surface area contributed by atoms with Crippen molar-refractivity contribution in [3.8, 4) is 0 Å². The molecule has 0 saturated heterocycles. The maximum Gasteiger partial charge on any atom is 0.234 e. The van der Waals surface area contributed by atoms with E-state index in [0.29, 0.717) is 26.2 Å². The number of ether oxygens (including phenoxy) is 1. The van der Waals surface area contributed by atoms with E-state index in [2.05, 4.69) is 21.2 Å². The van der Waals surface area contributed by atoms with Crippen LogP contribution in [0.1, 0.15) is 11.6 Å². The first-order valence-corrected chi connectivity index (χ1v) is 7.29. The molecular formula is C14H22BrN3O2. The number of amides is 1. The van der Waals surface area contributed by atoms with E-state index in [1.807, 2.05) is 36.2 Å². The number of nitrogens with zero attached hydrogens (tertiary/aromatic N) is 1. The molecule has 0 saturated carbocycles. The summed E-state index contributed by atoms with van der Waals surface area (Å²) in [5.41, 5.74) is 6.94. The van der Waals surface area contributed by atoms with E-state index in [4.69, 9.17) is 10.5 Å². The van der Waals surface area contributed by atoms with Crippen molar-refractivity contribution >= 4 is 21.8 Å². The van der Waals surface area contributed by atoms with Gasteiger partial charge in [0, 0.05) is 30.7 Å². The normalized spacial score (nSPS) is 12.4. The fourth-order valence-electron chi connectivity index (χ4n) is 1.97. The lowest BCUT2D eigenvalue weighted by Gasteiger charge is -2.27. The summed E-state index contributed by atoms with van der Waals surface area (Å²) in [7, 11) is 3.50. The molecule has 1 amide bonds. The van der Waals surface area contributed by atoms with Crippen LogP contribution in [0.25, 0.3) is 0 Å². The fraction of sp³-hybridized carbons (Fsp3) is 0.500. The van der Waals surface area contributed by atoms with Crippen molar-refractivity contribution in [1.82, 2.24) is 10.2 Å². The molecule has 3 N–H and O–H groups in total. The first-order chi connectivity index (χ1) is 9.60. The first kappa shape index (κ1) is 17.1. The number of halogens is 1. The monoisotopic (exact) mass is 343 g/mol. The van der Waals surface area contributed by atoms with Crippen LogP contribution in [0.5, 0.6) is 0 Å². The average Bonchev–Trinajstić information content (AvgIpc) is 2.42. The summed E-state index contributed by atoms with van der Waals surface area (Å²) in [4.78, 5) is 13.8. The fourth-order valence-corrected chi connectivity index (χ4v) is 2.52. The second-order valence-corrected chi connectivity index (χ2v) is 5.39. The maximum absolute atomic E-state index is 11.8. The number of benzene rings is 1. The van der Waals surface area contributed by atoms with Crippen LogP contribution >= 0.6 is 15.9 Å². The van der Waals surface area contributed by atoms with Gasteiger partial charge in [-0.05, 0) is 18.7 Å². The standard InChI is InChI=1S/C14H22BrN3O2/c1-18(10-14(19)17-7-8-20-2)13(9-16)11-5-3-4-6-12(11)15/h3-6,13H,7-10,16H2,1-2H3,(H,17,19). The van der Waals surface area contributed by atoms with E-state index in [1.165, 1.54) is 0 Å². The van der Waals surface area contributed by atoms with Crippen LogP contribution in [-0.2, 0) is 9.53 Å². The van der Waals surface area contributed by atoms with Crippen LogP contribution in [0.2, 0.25) is 0 Å². The van der Waals surface area contributed by atoms with Gasteiger partial charge in [0.25, 0.3) is 0 Å². The number of nitrogens with two attached hydrogens (primary N) is 1. The second kappa shape index (κ2) is 9.07. The number of hydrogen-bond acceptors (Lipinski definition) is 4. The summed E-state index contributed by atoms with van der Waals surface area (Å²) in [5.74, 6) is -0.0324. The third kappa shape index (κ3) is 5.20. The predicted octanol–water partition coefficient (Wildman–Crippen LogP) is 1.14. The Morgan fingerprint density at radius 1 is 1.50 bits per heavy atom. The van der Waals surface area contributed by atoms with Crippen molar-refractivity contribution in [3.63, 3.8) is 0 Å². The Morgan fingerprint density at radius 3 is 2.80 bits per heavy atom. The Labute approximate surface area is 128 Å². The smallest absolute Gasteiger partial charge is 0.234 e. The van der Waals surface area contributed by atoms with Gasteiger partial charge in [-0.2, -0.15) is 0 Å². The van der Waals surface area contributed by atoms with Gasteiger partial charge >= 0.3 is 0 Å². The summed E-state index contributed by atoms with van der Waals surface area (Å²) in [6.07, 6.45) is 0. The lowest BCUT2D eigenvalue weighted by atomic mass is 10.1. The summed E-state index contributed by atoms with van der Waals surface area (Å²) in [6.45, 7) is 1.78. The summed E-state index contributed by atoms with van der Waals surface area (Å²) in [5, 5.41) is 2.80. The molecule has 0 aliphatic rings. The van der Waals surface area contributed by atoms with Gasteiger partial charge in [0.05, 0.1) is 13.2 Å². The molecule has 0 fully saturated rings. The molecule has 1 atom stereocenters. The van der Waals surface area contributed by atoms with Crippen LogP contribution in [0.3, 0.4) is 0 Å². The number of carbonyl (C=O) groups is 1. The van der Waals surface area contributed by atoms with Crippen LogP contribution in [0.4, 0.5) is 0 Å². The van der Waals surface area contributed by atoms with Gasteiger partial charge in [0.2, 0.25) is 5.91 Å². The molecule has 0 aliphatic heterocycles. The van der Waals surface area contributed by atoms with Crippen LogP contribution in [0.15, 0.2) is 28.7 Å². The van der Waals surface area contributed by atoms with Crippen molar-refractivity contribution in [2.24, 2.45) is 5.73 Å². The molecular weight excluding hydrogens is 322 g/mol. The molecule has 1 aromatic rings. The summed E-state index contributed by atoms with van der Waals surface area (Å²) >= 11 is 3.52. The van der Waals surface area contributed by atoms with Crippen LogP contribution in [-0.4, -0.2) is 51.2 Å². The highest BCUT2D eigenvalue weighted by molar-refractivity contribution is 9.10. The molecule has 20 heavy (non-hydrogen) atoms. The van der Waals surface area contributed by atoms with E-state index < -0.39 is 0 Å². The quantitative estimate of drug-likeness (QED) is 0.694. The minimum atomic E-state index is -0.0324. The molecule has 0 heterocycles. The van der Waals surface area contributed by atoms with Gasteiger partial charge in [0.1, 0.15) is 0 Å². The highest BCUT2D eigenvalue weighted by Gasteiger charge is 2.19. The van der Waals surface area contributed by atoms with Gasteiger partial charge in [-0.25, -0.2) is 0 Å². The molecule has 5 nitrogen and oxygen atoms in total. The minimum Gasteiger partial charge on any atom is -0.383 e. The molecule has 0 bridgehead atoms. The highest BCUT2D eigenvalue weighted by atomic mass is 79.9. The molecule has 0 spiro atoms. The molecule has 1 rings (SSSR count). The van der Waals surface area contributed by atoms with Crippen molar-refractivity contribution in [2.75, 3.05) is 40.4 Å². The van der Waals surface area contributed by atoms with E-state index in [1.54, 1.807) is 7.11 Å². The number of hydrogen-bond donors (Lipinski definition) is 2. The van der Waals surface area contributed by atoms with Crippen molar-refractivity contribution in [1.29, 1.82) is 0 Å². The number of carbonyl (C=O) groups excluding carboxylic acids is 1. The maximum atomic E-state index is 11.8. The largest absolute Gasteiger partial charge is 0.383 e. The number of rotatable bonds is 8. The number of likely N-dealkylation sites (N-methyl/N-ethyl adjacent to an activating group) is 1. The minimum absolute atomic E-state index is 0.00116. The predicted molar refractivity (Wildman–Crippen MR) is 83.5 cm³/mol. The molecule has 6 heteroatoms.